The highest BCUT2D eigenvalue weighted by atomic mass is 35.5. The summed E-state index contributed by atoms with van der Waals surface area (Å²) in [4.78, 5) is 4.81. The molecule has 0 N–H and O–H groups in total. The van der Waals surface area contributed by atoms with Crippen LogP contribution in [-0.2, 0) is 7.05 Å². The molecule has 3 rings (SSSR count). The van der Waals surface area contributed by atoms with Crippen molar-refractivity contribution in [2.45, 2.75) is 64.3 Å². The molecule has 0 aromatic carbocycles. The largest absolute Gasteiger partial charge is 0.309 e. The van der Waals surface area contributed by atoms with Gasteiger partial charge in [0.1, 0.15) is 11.3 Å². The normalized spacial score (nSPS) is 24.6. The first-order valence-corrected chi connectivity index (χ1v) is 8.52. The molecule has 2 aromatic heterocycles. The molecule has 1 saturated carbocycles. The van der Waals surface area contributed by atoms with Crippen LogP contribution in [0.3, 0.4) is 0 Å². The van der Waals surface area contributed by atoms with Crippen LogP contribution < -0.4 is 0 Å². The number of fused-ring (bicyclic) bond motifs is 1. The van der Waals surface area contributed by atoms with Crippen molar-refractivity contribution in [3.63, 3.8) is 0 Å². The molecule has 0 saturated heterocycles. The number of nitrogens with zero attached hydrogens (tertiary/aromatic N) is 4. The van der Waals surface area contributed by atoms with E-state index in [2.05, 4.69) is 16.6 Å². The van der Waals surface area contributed by atoms with Crippen LogP contribution in [0.15, 0.2) is 0 Å². The van der Waals surface area contributed by atoms with Gasteiger partial charge in [-0.3, -0.25) is 4.68 Å². The Morgan fingerprint density at radius 3 is 2.81 bits per heavy atom. The van der Waals surface area contributed by atoms with Gasteiger partial charge in [0.2, 0.25) is 0 Å². The average molecular weight is 309 g/mol. The molecule has 1 aliphatic rings. The predicted octanol–water partition coefficient (Wildman–Crippen LogP) is 4.52. The summed E-state index contributed by atoms with van der Waals surface area (Å²) >= 11 is 6.42. The van der Waals surface area contributed by atoms with Crippen LogP contribution in [0.1, 0.15) is 68.9 Å². The number of hydrogen-bond donors (Lipinski definition) is 0. The van der Waals surface area contributed by atoms with E-state index >= 15 is 0 Å². The number of hydrogen-bond acceptors (Lipinski definition) is 2. The van der Waals surface area contributed by atoms with Crippen LogP contribution in [0, 0.1) is 12.8 Å². The molecule has 1 aliphatic carbocycles. The van der Waals surface area contributed by atoms with E-state index in [0.29, 0.717) is 6.04 Å². The van der Waals surface area contributed by atoms with Crippen molar-refractivity contribution >= 4 is 22.8 Å². The molecule has 0 spiro atoms. The molecule has 0 amide bonds. The van der Waals surface area contributed by atoms with Crippen molar-refractivity contribution in [3.05, 3.63) is 11.5 Å². The number of aryl methyl sites for hydroxylation is 2. The van der Waals surface area contributed by atoms with E-state index in [1.807, 2.05) is 25.6 Å². The Hall–Kier alpha value is -1.03. The second-order valence-electron chi connectivity index (χ2n) is 6.43. The zero-order chi connectivity index (χ0) is 15.1. The summed E-state index contributed by atoms with van der Waals surface area (Å²) in [5.41, 5.74) is 3.14. The van der Waals surface area contributed by atoms with E-state index in [4.69, 9.17) is 16.6 Å². The summed E-state index contributed by atoms with van der Waals surface area (Å²) in [7, 11) is 2.01. The van der Waals surface area contributed by atoms with Gasteiger partial charge in [0.15, 0.2) is 5.65 Å². The van der Waals surface area contributed by atoms with Crippen LogP contribution in [0.5, 0.6) is 0 Å². The van der Waals surface area contributed by atoms with Crippen LogP contribution in [0.25, 0.3) is 11.2 Å². The highest BCUT2D eigenvalue weighted by molar-refractivity contribution is 6.20. The molecule has 0 aliphatic heterocycles. The molecule has 0 bridgehead atoms. The van der Waals surface area contributed by atoms with Crippen molar-refractivity contribution in [2.24, 2.45) is 13.0 Å². The maximum Gasteiger partial charge on any atom is 0.158 e. The number of alkyl halides is 1. The average Bonchev–Trinajstić information content (AvgIpc) is 2.98. The Morgan fingerprint density at radius 1 is 1.38 bits per heavy atom. The second-order valence-corrected chi connectivity index (χ2v) is 7.09. The summed E-state index contributed by atoms with van der Waals surface area (Å²) in [6.07, 6.45) is 6.40. The summed E-state index contributed by atoms with van der Waals surface area (Å²) < 4.78 is 4.35. The maximum absolute atomic E-state index is 6.42. The van der Waals surface area contributed by atoms with E-state index in [1.165, 1.54) is 32.1 Å². The van der Waals surface area contributed by atoms with E-state index in [1.54, 1.807) is 0 Å². The topological polar surface area (TPSA) is 35.6 Å². The van der Waals surface area contributed by atoms with Gasteiger partial charge < -0.3 is 4.57 Å². The smallest absolute Gasteiger partial charge is 0.158 e. The van der Waals surface area contributed by atoms with Gasteiger partial charge in [-0.15, -0.1) is 11.6 Å². The highest BCUT2D eigenvalue weighted by Crippen LogP contribution is 2.39. The first-order chi connectivity index (χ1) is 10.0. The third-order valence-electron chi connectivity index (χ3n) is 4.92. The van der Waals surface area contributed by atoms with Gasteiger partial charge >= 0.3 is 0 Å². The minimum atomic E-state index is -0.0706. The molecule has 2 heterocycles. The van der Waals surface area contributed by atoms with Gasteiger partial charge in [-0.25, -0.2) is 4.98 Å². The molecular weight excluding hydrogens is 284 g/mol. The molecule has 4 nitrogen and oxygen atoms in total. The molecule has 116 valence electrons. The van der Waals surface area contributed by atoms with Crippen molar-refractivity contribution in [2.75, 3.05) is 0 Å². The van der Waals surface area contributed by atoms with E-state index in [0.717, 1.165) is 28.6 Å². The van der Waals surface area contributed by atoms with E-state index in [9.17, 15) is 0 Å². The van der Waals surface area contributed by atoms with Crippen LogP contribution in [0.2, 0.25) is 0 Å². The molecule has 3 atom stereocenters. The Kier molecular flexibility index (Phi) is 4.00. The lowest BCUT2D eigenvalue weighted by Gasteiger charge is -2.31. The van der Waals surface area contributed by atoms with Crippen LogP contribution in [-0.4, -0.2) is 19.3 Å². The van der Waals surface area contributed by atoms with Crippen molar-refractivity contribution in [1.29, 1.82) is 0 Å². The van der Waals surface area contributed by atoms with Gasteiger partial charge in [-0.05, 0) is 32.6 Å². The minimum Gasteiger partial charge on any atom is -0.309 e. The molecule has 2 aromatic rings. The second kappa shape index (κ2) is 5.64. The predicted molar refractivity (Wildman–Crippen MR) is 86.8 cm³/mol. The van der Waals surface area contributed by atoms with Crippen molar-refractivity contribution in [1.82, 2.24) is 19.3 Å². The van der Waals surface area contributed by atoms with E-state index < -0.39 is 0 Å². The first kappa shape index (κ1) is 14.9. The SMILES string of the molecule is CCC1CCCC(n2c(C(C)Cl)nc3c(C)nn(C)c32)C1. The van der Waals surface area contributed by atoms with Crippen molar-refractivity contribution < 1.29 is 0 Å². The summed E-state index contributed by atoms with van der Waals surface area (Å²) in [6.45, 7) is 6.34. The quantitative estimate of drug-likeness (QED) is 0.782. The monoisotopic (exact) mass is 308 g/mol. The van der Waals surface area contributed by atoms with Crippen molar-refractivity contribution in [3.8, 4) is 0 Å². The number of aromatic nitrogens is 4. The Balaban J connectivity index is 2.12. The zero-order valence-corrected chi connectivity index (χ0v) is 14.2. The lowest BCUT2D eigenvalue weighted by molar-refractivity contribution is 0.260. The Labute approximate surface area is 131 Å². The Bertz CT molecular complexity index is 640. The summed E-state index contributed by atoms with van der Waals surface area (Å²) in [6, 6.07) is 0.514. The third kappa shape index (κ3) is 2.48. The molecule has 5 heteroatoms. The van der Waals surface area contributed by atoms with Crippen LogP contribution in [0.4, 0.5) is 0 Å². The van der Waals surface area contributed by atoms with Gasteiger partial charge in [-0.1, -0.05) is 26.2 Å². The summed E-state index contributed by atoms with van der Waals surface area (Å²) in [5.74, 6) is 1.83. The fourth-order valence-electron chi connectivity index (χ4n) is 3.82. The zero-order valence-electron chi connectivity index (χ0n) is 13.4. The van der Waals surface area contributed by atoms with Gasteiger partial charge in [0.05, 0.1) is 11.1 Å². The lowest BCUT2D eigenvalue weighted by atomic mass is 9.84. The maximum atomic E-state index is 6.42. The standard InChI is InChI=1S/C16H25ClN4/c1-5-12-7-6-8-13(9-12)21-15(10(2)17)18-14-11(3)19-20(4)16(14)21/h10,12-13H,5-9H2,1-4H3. The van der Waals surface area contributed by atoms with Crippen LogP contribution >= 0.6 is 11.6 Å². The fraction of sp³-hybridized carbons (Fsp3) is 0.750. The van der Waals surface area contributed by atoms with Gasteiger partial charge in [0.25, 0.3) is 0 Å². The molecule has 0 radical (unpaired) electrons. The van der Waals surface area contributed by atoms with E-state index in [-0.39, 0.29) is 5.38 Å². The van der Waals surface area contributed by atoms with Gasteiger partial charge in [-0.2, -0.15) is 5.10 Å². The third-order valence-corrected chi connectivity index (χ3v) is 5.11. The summed E-state index contributed by atoms with van der Waals surface area (Å²) in [5, 5.41) is 4.47. The lowest BCUT2D eigenvalue weighted by Crippen LogP contribution is -2.21. The number of imidazole rings is 1. The highest BCUT2D eigenvalue weighted by Gasteiger charge is 2.29. The first-order valence-electron chi connectivity index (χ1n) is 8.08. The molecule has 21 heavy (non-hydrogen) atoms. The minimum absolute atomic E-state index is 0.0706. The number of rotatable bonds is 3. The number of halogens is 1. The fourth-order valence-corrected chi connectivity index (χ4v) is 3.98. The molecule has 3 unspecified atom stereocenters. The molecule has 1 fully saturated rings. The molecular formula is C16H25ClN4. The Morgan fingerprint density at radius 2 is 2.14 bits per heavy atom. The van der Waals surface area contributed by atoms with Gasteiger partial charge in [0, 0.05) is 13.1 Å².